The van der Waals surface area contributed by atoms with E-state index < -0.39 is 11.5 Å². The summed E-state index contributed by atoms with van der Waals surface area (Å²) in [5.41, 5.74) is -0.639. The van der Waals surface area contributed by atoms with Gasteiger partial charge < -0.3 is 5.11 Å². The molecule has 1 aliphatic rings. The first kappa shape index (κ1) is 12.2. The van der Waals surface area contributed by atoms with E-state index in [9.17, 15) is 9.90 Å². The van der Waals surface area contributed by atoms with Crippen molar-refractivity contribution < 1.29 is 9.90 Å². The second-order valence-corrected chi connectivity index (χ2v) is 4.45. The lowest BCUT2D eigenvalue weighted by atomic mass is 9.88. The number of nitrogens with zero attached hydrogens (tertiary/aromatic N) is 1. The minimum atomic E-state index is -0.680. The molecule has 1 N–H and O–H groups in total. The molecule has 1 fully saturated rings. The number of rotatable bonds is 5. The van der Waals surface area contributed by atoms with Crippen molar-refractivity contribution in [2.75, 3.05) is 13.1 Å². The van der Waals surface area contributed by atoms with Crippen LogP contribution in [0.15, 0.2) is 12.7 Å². The Morgan fingerprint density at radius 3 is 2.93 bits per heavy atom. The molecule has 0 aliphatic carbocycles. The van der Waals surface area contributed by atoms with E-state index in [2.05, 4.69) is 11.5 Å². The summed E-state index contributed by atoms with van der Waals surface area (Å²) in [5, 5.41) is 9.26. The number of hydrogen-bond acceptors (Lipinski definition) is 2. The molecule has 0 aromatic heterocycles. The number of likely N-dealkylation sites (tertiary alicyclic amines) is 1. The van der Waals surface area contributed by atoms with Crippen LogP contribution in [0.2, 0.25) is 0 Å². The second-order valence-electron chi connectivity index (χ2n) is 4.45. The van der Waals surface area contributed by atoms with Crippen molar-refractivity contribution in [3.63, 3.8) is 0 Å². The summed E-state index contributed by atoms with van der Waals surface area (Å²) in [7, 11) is 0. The van der Waals surface area contributed by atoms with Crippen LogP contribution in [0.4, 0.5) is 0 Å². The van der Waals surface area contributed by atoms with E-state index in [-0.39, 0.29) is 0 Å². The molecule has 0 saturated carbocycles. The molecule has 86 valence electrons. The third kappa shape index (κ3) is 2.81. The number of carboxylic acid groups (broad SMARTS) is 1. The highest BCUT2D eigenvalue weighted by atomic mass is 16.4. The molecule has 3 nitrogen and oxygen atoms in total. The predicted octanol–water partition coefficient (Wildman–Crippen LogP) is 2.28. The van der Waals surface area contributed by atoms with Crippen LogP contribution in [0.5, 0.6) is 0 Å². The van der Waals surface area contributed by atoms with Crippen LogP contribution in [-0.4, -0.2) is 34.6 Å². The molecule has 0 spiro atoms. The van der Waals surface area contributed by atoms with Crippen LogP contribution >= 0.6 is 0 Å². The van der Waals surface area contributed by atoms with Gasteiger partial charge in [-0.25, -0.2) is 0 Å². The standard InChI is InChI=1S/C12H21NO2/c1-3-4-6-9-13-10-7-5-8-12(13,2)11(14)15/h3H,1,4-10H2,2H3,(H,14,15). The number of unbranched alkanes of at least 4 members (excludes halogenated alkanes) is 1. The fraction of sp³-hybridized carbons (Fsp3) is 0.750. The van der Waals surface area contributed by atoms with Gasteiger partial charge in [0.2, 0.25) is 0 Å². The van der Waals surface area contributed by atoms with Crippen LogP contribution in [0.3, 0.4) is 0 Å². The lowest BCUT2D eigenvalue weighted by Gasteiger charge is -2.41. The zero-order valence-electron chi connectivity index (χ0n) is 9.54. The second kappa shape index (κ2) is 5.31. The van der Waals surface area contributed by atoms with Gasteiger partial charge in [-0.1, -0.05) is 6.08 Å². The van der Waals surface area contributed by atoms with Gasteiger partial charge >= 0.3 is 5.97 Å². The molecule has 1 atom stereocenters. The smallest absolute Gasteiger partial charge is 0.323 e. The Balaban J connectivity index is 2.57. The van der Waals surface area contributed by atoms with Gasteiger partial charge in [0.25, 0.3) is 0 Å². The molecule has 1 rings (SSSR count). The van der Waals surface area contributed by atoms with Crippen LogP contribution in [0.25, 0.3) is 0 Å². The van der Waals surface area contributed by atoms with E-state index in [0.717, 1.165) is 45.2 Å². The Labute approximate surface area is 91.8 Å². The predicted molar refractivity (Wildman–Crippen MR) is 60.9 cm³/mol. The van der Waals surface area contributed by atoms with Gasteiger partial charge in [-0.05, 0) is 52.1 Å². The van der Waals surface area contributed by atoms with Crippen LogP contribution in [-0.2, 0) is 4.79 Å². The number of aliphatic carboxylic acids is 1. The monoisotopic (exact) mass is 211 g/mol. The summed E-state index contributed by atoms with van der Waals surface area (Å²) in [6.07, 6.45) is 6.79. The van der Waals surface area contributed by atoms with E-state index >= 15 is 0 Å². The average Bonchev–Trinajstić information content (AvgIpc) is 2.21. The lowest BCUT2D eigenvalue weighted by molar-refractivity contribution is -0.152. The Bertz CT molecular complexity index is 240. The maximum atomic E-state index is 11.3. The molecule has 3 heteroatoms. The van der Waals surface area contributed by atoms with Crippen molar-refractivity contribution in [2.24, 2.45) is 0 Å². The summed E-state index contributed by atoms with van der Waals surface area (Å²) in [4.78, 5) is 13.4. The van der Waals surface area contributed by atoms with Crippen molar-refractivity contribution in [3.05, 3.63) is 12.7 Å². The molecule has 0 radical (unpaired) electrons. The van der Waals surface area contributed by atoms with Crippen molar-refractivity contribution in [1.82, 2.24) is 4.90 Å². The van der Waals surface area contributed by atoms with Gasteiger partial charge in [0.05, 0.1) is 0 Å². The summed E-state index contributed by atoms with van der Waals surface area (Å²) < 4.78 is 0. The summed E-state index contributed by atoms with van der Waals surface area (Å²) in [5.74, 6) is -0.680. The topological polar surface area (TPSA) is 40.5 Å². The molecule has 0 aromatic carbocycles. The van der Waals surface area contributed by atoms with Crippen LogP contribution in [0.1, 0.15) is 39.0 Å². The molecule has 1 saturated heterocycles. The summed E-state index contributed by atoms with van der Waals surface area (Å²) in [6, 6.07) is 0. The summed E-state index contributed by atoms with van der Waals surface area (Å²) in [6.45, 7) is 7.32. The summed E-state index contributed by atoms with van der Waals surface area (Å²) >= 11 is 0. The fourth-order valence-corrected chi connectivity index (χ4v) is 2.20. The average molecular weight is 211 g/mol. The molecule has 1 unspecified atom stereocenters. The number of allylic oxidation sites excluding steroid dienone is 1. The number of hydrogen-bond donors (Lipinski definition) is 1. The van der Waals surface area contributed by atoms with E-state index in [0.29, 0.717) is 0 Å². The Morgan fingerprint density at radius 1 is 1.60 bits per heavy atom. The molecule has 15 heavy (non-hydrogen) atoms. The fourth-order valence-electron chi connectivity index (χ4n) is 2.20. The first-order chi connectivity index (χ1) is 7.11. The zero-order valence-corrected chi connectivity index (χ0v) is 9.54. The van der Waals surface area contributed by atoms with Crippen molar-refractivity contribution in [3.8, 4) is 0 Å². The van der Waals surface area contributed by atoms with Gasteiger partial charge in [0.1, 0.15) is 5.54 Å². The lowest BCUT2D eigenvalue weighted by Crippen LogP contribution is -2.55. The van der Waals surface area contributed by atoms with Crippen molar-refractivity contribution in [2.45, 2.75) is 44.6 Å². The third-order valence-corrected chi connectivity index (χ3v) is 3.34. The van der Waals surface area contributed by atoms with E-state index in [4.69, 9.17) is 0 Å². The molecular weight excluding hydrogens is 190 g/mol. The van der Waals surface area contributed by atoms with Crippen molar-refractivity contribution >= 4 is 5.97 Å². The largest absolute Gasteiger partial charge is 0.480 e. The van der Waals surface area contributed by atoms with Crippen molar-refractivity contribution in [1.29, 1.82) is 0 Å². The van der Waals surface area contributed by atoms with Gasteiger partial charge in [0, 0.05) is 0 Å². The third-order valence-electron chi connectivity index (χ3n) is 3.34. The highest BCUT2D eigenvalue weighted by Gasteiger charge is 2.40. The highest BCUT2D eigenvalue weighted by Crippen LogP contribution is 2.28. The quantitative estimate of drug-likeness (QED) is 0.560. The zero-order chi connectivity index (χ0) is 11.3. The van der Waals surface area contributed by atoms with E-state index in [1.165, 1.54) is 0 Å². The van der Waals surface area contributed by atoms with E-state index in [1.807, 2.05) is 13.0 Å². The molecule has 1 aliphatic heterocycles. The van der Waals surface area contributed by atoms with Gasteiger partial charge in [0.15, 0.2) is 0 Å². The normalized spacial score (nSPS) is 27.5. The van der Waals surface area contributed by atoms with Crippen LogP contribution < -0.4 is 0 Å². The maximum Gasteiger partial charge on any atom is 0.323 e. The van der Waals surface area contributed by atoms with Gasteiger partial charge in [-0.15, -0.1) is 6.58 Å². The SMILES string of the molecule is C=CCCCN1CCCCC1(C)C(=O)O. The maximum absolute atomic E-state index is 11.3. The highest BCUT2D eigenvalue weighted by molar-refractivity contribution is 5.78. The number of piperidine rings is 1. The molecule has 0 amide bonds. The molecule has 0 bridgehead atoms. The minimum Gasteiger partial charge on any atom is -0.480 e. The Hall–Kier alpha value is -0.830. The number of carbonyl (C=O) groups is 1. The molecular formula is C12H21NO2. The molecule has 1 heterocycles. The van der Waals surface area contributed by atoms with Crippen LogP contribution in [0, 0.1) is 0 Å². The first-order valence-electron chi connectivity index (χ1n) is 5.70. The first-order valence-corrected chi connectivity index (χ1v) is 5.70. The number of carboxylic acids is 1. The minimum absolute atomic E-state index is 0.639. The van der Waals surface area contributed by atoms with Gasteiger partial charge in [-0.3, -0.25) is 9.69 Å². The Morgan fingerprint density at radius 2 is 2.33 bits per heavy atom. The molecule has 0 aromatic rings. The van der Waals surface area contributed by atoms with E-state index in [1.54, 1.807) is 0 Å². The van der Waals surface area contributed by atoms with Gasteiger partial charge in [-0.2, -0.15) is 0 Å². The Kier molecular flexibility index (Phi) is 4.33.